The lowest BCUT2D eigenvalue weighted by Gasteiger charge is -2.15. The fraction of sp³-hybridized carbons (Fsp3) is 0.278. The lowest BCUT2D eigenvalue weighted by Crippen LogP contribution is -2.20. The highest BCUT2D eigenvalue weighted by Crippen LogP contribution is 2.29. The number of pyridine rings is 1. The van der Waals surface area contributed by atoms with Gasteiger partial charge in [-0.05, 0) is 42.8 Å². The van der Waals surface area contributed by atoms with Crippen molar-refractivity contribution in [2.45, 2.75) is 18.9 Å². The van der Waals surface area contributed by atoms with Gasteiger partial charge in [0.05, 0.1) is 11.5 Å². The fourth-order valence-corrected chi connectivity index (χ4v) is 3.08. The quantitative estimate of drug-likeness (QED) is 0.727. The van der Waals surface area contributed by atoms with E-state index in [1.807, 2.05) is 12.1 Å². The molecule has 0 radical (unpaired) electrons. The summed E-state index contributed by atoms with van der Waals surface area (Å²) in [5.74, 6) is -0.430. The van der Waals surface area contributed by atoms with E-state index in [4.69, 9.17) is 4.42 Å². The summed E-state index contributed by atoms with van der Waals surface area (Å²) in [5.41, 5.74) is 1.54. The second kappa shape index (κ2) is 6.68. The van der Waals surface area contributed by atoms with Gasteiger partial charge in [0.25, 0.3) is 0 Å². The molecule has 1 aromatic carbocycles. The van der Waals surface area contributed by atoms with Crippen molar-refractivity contribution in [1.29, 1.82) is 0 Å². The van der Waals surface area contributed by atoms with Gasteiger partial charge in [0.15, 0.2) is 11.6 Å². The fourth-order valence-electron chi connectivity index (χ4n) is 3.08. The van der Waals surface area contributed by atoms with Crippen LogP contribution in [-0.4, -0.2) is 33.2 Å². The van der Waals surface area contributed by atoms with E-state index >= 15 is 0 Å². The van der Waals surface area contributed by atoms with Crippen molar-refractivity contribution in [3.63, 3.8) is 0 Å². The van der Waals surface area contributed by atoms with Gasteiger partial charge < -0.3 is 4.42 Å². The molecule has 1 atom stereocenters. The van der Waals surface area contributed by atoms with E-state index in [9.17, 15) is 8.78 Å². The Morgan fingerprint density at radius 3 is 2.88 bits per heavy atom. The highest BCUT2D eigenvalue weighted by Gasteiger charge is 2.28. The summed E-state index contributed by atoms with van der Waals surface area (Å²) >= 11 is 0. The summed E-state index contributed by atoms with van der Waals surface area (Å²) in [6.45, 7) is 2.15. The van der Waals surface area contributed by atoms with Crippen LogP contribution in [0.15, 0.2) is 47.1 Å². The Bertz CT molecular complexity index is 869. The smallest absolute Gasteiger partial charge is 0.249 e. The monoisotopic (exact) mass is 342 g/mol. The van der Waals surface area contributed by atoms with Crippen molar-refractivity contribution in [2.24, 2.45) is 0 Å². The van der Waals surface area contributed by atoms with Gasteiger partial charge >= 0.3 is 0 Å². The van der Waals surface area contributed by atoms with E-state index < -0.39 is 11.6 Å². The highest BCUT2D eigenvalue weighted by molar-refractivity contribution is 5.50. The molecule has 0 N–H and O–H groups in total. The normalized spacial score (nSPS) is 17.9. The number of benzene rings is 1. The molecule has 5 nitrogen and oxygen atoms in total. The molecule has 0 saturated carbocycles. The van der Waals surface area contributed by atoms with Gasteiger partial charge in [0.1, 0.15) is 0 Å². The molecule has 4 rings (SSSR count). The van der Waals surface area contributed by atoms with Gasteiger partial charge in [-0.15, -0.1) is 10.2 Å². The minimum atomic E-state index is -0.822. The molecular formula is C18H16F2N4O. The summed E-state index contributed by atoms with van der Waals surface area (Å²) in [6.07, 6.45) is 4.26. The molecule has 128 valence electrons. The number of hydrogen-bond donors (Lipinski definition) is 0. The van der Waals surface area contributed by atoms with Crippen LogP contribution in [0.25, 0.3) is 11.5 Å². The molecule has 0 unspecified atom stereocenters. The maximum atomic E-state index is 13.3. The average molecular weight is 342 g/mol. The molecular weight excluding hydrogens is 326 g/mol. The number of likely N-dealkylation sites (tertiary alicyclic amines) is 1. The van der Waals surface area contributed by atoms with E-state index in [0.29, 0.717) is 18.3 Å². The molecule has 1 aliphatic heterocycles. The first-order valence-electron chi connectivity index (χ1n) is 8.09. The van der Waals surface area contributed by atoms with Crippen molar-refractivity contribution in [2.75, 3.05) is 13.1 Å². The second-order valence-electron chi connectivity index (χ2n) is 6.16. The largest absolute Gasteiger partial charge is 0.420 e. The summed E-state index contributed by atoms with van der Waals surface area (Å²) < 4.78 is 32.1. The van der Waals surface area contributed by atoms with Gasteiger partial charge in [0.2, 0.25) is 11.8 Å². The van der Waals surface area contributed by atoms with Crippen LogP contribution in [0.3, 0.4) is 0 Å². The number of aromatic nitrogens is 3. The van der Waals surface area contributed by atoms with E-state index in [2.05, 4.69) is 20.1 Å². The number of halogens is 2. The SMILES string of the molecule is Fc1ccc(CN2CC[C@H](c3nnc(-c4cccnc4)o3)C2)cc1F. The molecule has 0 amide bonds. The highest BCUT2D eigenvalue weighted by atomic mass is 19.2. The Kier molecular flexibility index (Phi) is 4.23. The molecule has 1 saturated heterocycles. The molecule has 0 aliphatic carbocycles. The maximum Gasteiger partial charge on any atom is 0.249 e. The van der Waals surface area contributed by atoms with Crippen LogP contribution in [-0.2, 0) is 6.54 Å². The van der Waals surface area contributed by atoms with Crippen molar-refractivity contribution in [1.82, 2.24) is 20.1 Å². The van der Waals surface area contributed by atoms with Gasteiger partial charge in [0, 0.05) is 25.5 Å². The van der Waals surface area contributed by atoms with Crippen molar-refractivity contribution >= 4 is 0 Å². The van der Waals surface area contributed by atoms with E-state index in [1.165, 1.54) is 6.07 Å². The predicted octanol–water partition coefficient (Wildman–Crippen LogP) is 3.40. The minimum Gasteiger partial charge on any atom is -0.420 e. The summed E-state index contributed by atoms with van der Waals surface area (Å²) in [6, 6.07) is 7.71. The Hall–Kier alpha value is -2.67. The van der Waals surface area contributed by atoms with Crippen molar-refractivity contribution in [3.8, 4) is 11.5 Å². The second-order valence-corrected chi connectivity index (χ2v) is 6.16. The summed E-state index contributed by atoms with van der Waals surface area (Å²) in [5, 5.41) is 8.26. The number of rotatable bonds is 4. The summed E-state index contributed by atoms with van der Waals surface area (Å²) in [7, 11) is 0. The Balaban J connectivity index is 1.42. The third kappa shape index (κ3) is 3.41. The first kappa shape index (κ1) is 15.8. The van der Waals surface area contributed by atoms with Gasteiger partial charge in [-0.2, -0.15) is 0 Å². The molecule has 1 aliphatic rings. The predicted molar refractivity (Wildman–Crippen MR) is 86.5 cm³/mol. The average Bonchev–Trinajstić information content (AvgIpc) is 3.28. The zero-order valence-corrected chi connectivity index (χ0v) is 13.4. The minimum absolute atomic E-state index is 0.142. The van der Waals surface area contributed by atoms with Crippen molar-refractivity contribution in [3.05, 3.63) is 65.8 Å². The van der Waals surface area contributed by atoms with Crippen LogP contribution in [0.2, 0.25) is 0 Å². The van der Waals surface area contributed by atoms with Crippen LogP contribution in [0.5, 0.6) is 0 Å². The number of nitrogens with zero attached hydrogens (tertiary/aromatic N) is 4. The first-order chi connectivity index (χ1) is 12.2. The molecule has 0 bridgehead atoms. The van der Waals surface area contributed by atoms with Crippen LogP contribution in [0, 0.1) is 11.6 Å². The molecule has 3 aromatic rings. The Labute approximate surface area is 143 Å². The van der Waals surface area contributed by atoms with Gasteiger partial charge in [-0.1, -0.05) is 6.07 Å². The van der Waals surface area contributed by atoms with E-state index in [-0.39, 0.29) is 5.92 Å². The molecule has 25 heavy (non-hydrogen) atoms. The van der Waals surface area contributed by atoms with Gasteiger partial charge in [-0.25, -0.2) is 8.78 Å². The molecule has 7 heteroatoms. The van der Waals surface area contributed by atoms with Crippen LogP contribution in [0.4, 0.5) is 8.78 Å². The van der Waals surface area contributed by atoms with E-state index in [1.54, 1.807) is 18.5 Å². The lowest BCUT2D eigenvalue weighted by molar-refractivity contribution is 0.319. The zero-order chi connectivity index (χ0) is 17.2. The standard InChI is InChI=1S/C18H16F2N4O/c19-15-4-3-12(8-16(15)20)10-24-7-5-14(11-24)18-23-22-17(25-18)13-2-1-6-21-9-13/h1-4,6,8-9,14H,5,7,10-11H2/t14-/m0/s1. The van der Waals surface area contributed by atoms with Gasteiger partial charge in [-0.3, -0.25) is 9.88 Å². The van der Waals surface area contributed by atoms with E-state index in [0.717, 1.165) is 36.7 Å². The lowest BCUT2D eigenvalue weighted by atomic mass is 10.1. The first-order valence-corrected chi connectivity index (χ1v) is 8.09. The third-order valence-corrected chi connectivity index (χ3v) is 4.36. The molecule has 3 heterocycles. The maximum absolute atomic E-state index is 13.3. The Morgan fingerprint density at radius 1 is 1.16 bits per heavy atom. The van der Waals surface area contributed by atoms with Crippen LogP contribution < -0.4 is 0 Å². The topological polar surface area (TPSA) is 55.1 Å². The molecule has 2 aromatic heterocycles. The summed E-state index contributed by atoms with van der Waals surface area (Å²) in [4.78, 5) is 6.22. The number of hydrogen-bond acceptors (Lipinski definition) is 5. The molecule has 1 fully saturated rings. The van der Waals surface area contributed by atoms with Crippen LogP contribution >= 0.6 is 0 Å². The third-order valence-electron chi connectivity index (χ3n) is 4.36. The molecule has 0 spiro atoms. The van der Waals surface area contributed by atoms with Crippen molar-refractivity contribution < 1.29 is 13.2 Å². The Morgan fingerprint density at radius 2 is 2.08 bits per heavy atom. The zero-order valence-electron chi connectivity index (χ0n) is 13.4. The van der Waals surface area contributed by atoms with Crippen LogP contribution in [0.1, 0.15) is 23.8 Å².